The molecule has 5 nitrogen and oxygen atoms in total. The van der Waals surface area contributed by atoms with E-state index in [1.807, 2.05) is 20.8 Å². The van der Waals surface area contributed by atoms with Gasteiger partial charge in [-0.25, -0.2) is 0 Å². The van der Waals surface area contributed by atoms with Crippen LogP contribution in [-0.4, -0.2) is 16.9 Å². The van der Waals surface area contributed by atoms with E-state index < -0.39 is 4.92 Å². The van der Waals surface area contributed by atoms with E-state index in [0.29, 0.717) is 6.42 Å². The second-order valence-corrected chi connectivity index (χ2v) is 4.99. The summed E-state index contributed by atoms with van der Waals surface area (Å²) in [5, 5.41) is 10.7. The van der Waals surface area contributed by atoms with E-state index in [1.165, 1.54) is 6.07 Å². The van der Waals surface area contributed by atoms with Crippen molar-refractivity contribution >= 4 is 17.3 Å². The average molecular weight is 248 g/mol. The summed E-state index contributed by atoms with van der Waals surface area (Å²) in [7, 11) is 0. The minimum absolute atomic E-state index is 0.0649. The first kappa shape index (κ1) is 12.5. The van der Waals surface area contributed by atoms with Crippen LogP contribution in [0.15, 0.2) is 18.2 Å². The van der Waals surface area contributed by atoms with Gasteiger partial charge >= 0.3 is 0 Å². The predicted molar refractivity (Wildman–Crippen MR) is 68.6 cm³/mol. The number of nitro benzene ring substituents is 1. The van der Waals surface area contributed by atoms with Crippen molar-refractivity contribution in [2.45, 2.75) is 33.2 Å². The van der Waals surface area contributed by atoms with Crippen LogP contribution in [0.1, 0.15) is 26.3 Å². The SMILES string of the molecule is CC(C)C(=O)N1c2ccc([N+](=O)[O-])cc2C[C@@H]1C. The molecule has 1 aliphatic heterocycles. The number of non-ortho nitro benzene ring substituents is 1. The Labute approximate surface area is 106 Å². The van der Waals surface area contributed by atoms with Gasteiger partial charge in [-0.1, -0.05) is 13.8 Å². The van der Waals surface area contributed by atoms with E-state index in [2.05, 4.69) is 0 Å². The largest absolute Gasteiger partial charge is 0.309 e. The smallest absolute Gasteiger partial charge is 0.269 e. The molecule has 5 heteroatoms. The number of amides is 1. The van der Waals surface area contributed by atoms with E-state index in [9.17, 15) is 14.9 Å². The zero-order chi connectivity index (χ0) is 13.4. The molecule has 2 rings (SSSR count). The van der Waals surface area contributed by atoms with Gasteiger partial charge < -0.3 is 4.90 Å². The normalized spacial score (nSPS) is 18.0. The summed E-state index contributed by atoms with van der Waals surface area (Å²) in [6.07, 6.45) is 0.676. The number of fused-ring (bicyclic) bond motifs is 1. The second-order valence-electron chi connectivity index (χ2n) is 4.99. The zero-order valence-corrected chi connectivity index (χ0v) is 10.7. The van der Waals surface area contributed by atoms with Crippen molar-refractivity contribution < 1.29 is 9.72 Å². The lowest BCUT2D eigenvalue weighted by molar-refractivity contribution is -0.384. The average Bonchev–Trinajstić information content (AvgIpc) is 2.62. The van der Waals surface area contributed by atoms with Crippen LogP contribution in [0.2, 0.25) is 0 Å². The van der Waals surface area contributed by atoms with Gasteiger partial charge in [0.2, 0.25) is 5.91 Å². The van der Waals surface area contributed by atoms with Gasteiger partial charge in [-0.3, -0.25) is 14.9 Å². The number of carbonyl (C=O) groups excluding carboxylic acids is 1. The van der Waals surface area contributed by atoms with Crippen LogP contribution < -0.4 is 4.90 Å². The zero-order valence-electron chi connectivity index (χ0n) is 10.7. The van der Waals surface area contributed by atoms with E-state index >= 15 is 0 Å². The fourth-order valence-corrected chi connectivity index (χ4v) is 2.35. The number of hydrogen-bond acceptors (Lipinski definition) is 3. The lowest BCUT2D eigenvalue weighted by Gasteiger charge is -2.24. The molecule has 1 aromatic rings. The third-order valence-corrected chi connectivity index (χ3v) is 3.22. The second kappa shape index (κ2) is 4.40. The van der Waals surface area contributed by atoms with Crippen LogP contribution >= 0.6 is 0 Å². The van der Waals surface area contributed by atoms with Gasteiger partial charge in [-0.15, -0.1) is 0 Å². The number of benzene rings is 1. The van der Waals surface area contributed by atoms with Gasteiger partial charge in [0, 0.05) is 29.8 Å². The Bertz CT molecular complexity index is 511. The van der Waals surface area contributed by atoms with E-state index in [-0.39, 0.29) is 23.6 Å². The van der Waals surface area contributed by atoms with Crippen LogP contribution in [0.25, 0.3) is 0 Å². The van der Waals surface area contributed by atoms with E-state index in [1.54, 1.807) is 17.0 Å². The van der Waals surface area contributed by atoms with Crippen LogP contribution in [0.5, 0.6) is 0 Å². The third-order valence-electron chi connectivity index (χ3n) is 3.22. The summed E-state index contributed by atoms with van der Waals surface area (Å²) >= 11 is 0. The summed E-state index contributed by atoms with van der Waals surface area (Å²) in [4.78, 5) is 24.2. The van der Waals surface area contributed by atoms with Crippen molar-refractivity contribution in [2.75, 3.05) is 4.90 Å². The monoisotopic (exact) mass is 248 g/mol. The van der Waals surface area contributed by atoms with Gasteiger partial charge in [0.1, 0.15) is 0 Å². The lowest BCUT2D eigenvalue weighted by Crippen LogP contribution is -2.38. The molecule has 0 bridgehead atoms. The Morgan fingerprint density at radius 1 is 1.50 bits per heavy atom. The van der Waals surface area contributed by atoms with Gasteiger partial charge in [-0.05, 0) is 25.0 Å². The molecule has 0 saturated heterocycles. The summed E-state index contributed by atoms with van der Waals surface area (Å²) in [6.45, 7) is 5.68. The number of hydrogen-bond donors (Lipinski definition) is 0. The summed E-state index contributed by atoms with van der Waals surface area (Å²) in [5.41, 5.74) is 1.78. The van der Waals surface area contributed by atoms with Crippen molar-refractivity contribution in [3.63, 3.8) is 0 Å². The van der Waals surface area contributed by atoms with Crippen LogP contribution in [-0.2, 0) is 11.2 Å². The molecular weight excluding hydrogens is 232 g/mol. The molecule has 0 aromatic heterocycles. The van der Waals surface area contributed by atoms with Crippen LogP contribution in [0, 0.1) is 16.0 Å². The molecule has 96 valence electrons. The predicted octanol–water partition coefficient (Wildman–Crippen LogP) is 2.53. The summed E-state index contributed by atoms with van der Waals surface area (Å²) in [6, 6.07) is 4.77. The Morgan fingerprint density at radius 3 is 2.72 bits per heavy atom. The number of nitrogens with zero attached hydrogens (tertiary/aromatic N) is 2. The van der Waals surface area contributed by atoms with Crippen molar-refractivity contribution in [2.24, 2.45) is 5.92 Å². The van der Waals surface area contributed by atoms with Crippen molar-refractivity contribution in [1.29, 1.82) is 0 Å². The van der Waals surface area contributed by atoms with Gasteiger partial charge in [0.25, 0.3) is 5.69 Å². The molecule has 1 aromatic carbocycles. The molecule has 0 radical (unpaired) electrons. The first-order valence-electron chi connectivity index (χ1n) is 6.02. The minimum Gasteiger partial charge on any atom is -0.309 e. The first-order valence-corrected chi connectivity index (χ1v) is 6.02. The minimum atomic E-state index is -0.405. The van der Waals surface area contributed by atoms with Crippen molar-refractivity contribution in [1.82, 2.24) is 0 Å². The molecule has 1 aliphatic rings. The highest BCUT2D eigenvalue weighted by Crippen LogP contribution is 2.35. The Hall–Kier alpha value is -1.91. The molecule has 1 amide bonds. The van der Waals surface area contributed by atoms with Crippen LogP contribution in [0.4, 0.5) is 11.4 Å². The molecule has 0 fully saturated rings. The Morgan fingerprint density at radius 2 is 2.17 bits per heavy atom. The number of carbonyl (C=O) groups is 1. The highest BCUT2D eigenvalue weighted by molar-refractivity contribution is 5.97. The fraction of sp³-hybridized carbons (Fsp3) is 0.462. The molecule has 0 spiro atoms. The third kappa shape index (κ3) is 1.96. The van der Waals surface area contributed by atoms with Gasteiger partial charge in [0.15, 0.2) is 0 Å². The molecule has 0 aliphatic carbocycles. The Kier molecular flexibility index (Phi) is 3.07. The quantitative estimate of drug-likeness (QED) is 0.596. The van der Waals surface area contributed by atoms with Gasteiger partial charge in [0.05, 0.1) is 4.92 Å². The number of nitro groups is 1. The fourth-order valence-electron chi connectivity index (χ4n) is 2.35. The van der Waals surface area contributed by atoms with Crippen molar-refractivity contribution in [3.05, 3.63) is 33.9 Å². The van der Waals surface area contributed by atoms with E-state index in [0.717, 1.165) is 11.3 Å². The Balaban J connectivity index is 2.41. The maximum absolute atomic E-state index is 12.1. The molecule has 0 saturated carbocycles. The van der Waals surface area contributed by atoms with Crippen molar-refractivity contribution in [3.8, 4) is 0 Å². The first-order chi connectivity index (χ1) is 8.41. The summed E-state index contributed by atoms with van der Waals surface area (Å²) in [5.74, 6) is -0.0105. The molecule has 1 heterocycles. The summed E-state index contributed by atoms with van der Waals surface area (Å²) < 4.78 is 0. The topological polar surface area (TPSA) is 63.5 Å². The molecule has 0 N–H and O–H groups in total. The maximum atomic E-state index is 12.1. The molecule has 1 atom stereocenters. The standard InChI is InChI=1S/C13H16N2O3/c1-8(2)13(16)14-9(3)6-10-7-11(15(17)18)4-5-12(10)14/h4-5,7-9H,6H2,1-3H3/t9-/m0/s1. The molecule has 0 unspecified atom stereocenters. The van der Waals surface area contributed by atoms with Gasteiger partial charge in [-0.2, -0.15) is 0 Å². The molecular formula is C13H16N2O3. The van der Waals surface area contributed by atoms with Crippen LogP contribution in [0.3, 0.4) is 0 Å². The lowest BCUT2D eigenvalue weighted by atomic mass is 10.1. The number of anilines is 1. The van der Waals surface area contributed by atoms with E-state index in [4.69, 9.17) is 0 Å². The maximum Gasteiger partial charge on any atom is 0.269 e. The highest BCUT2D eigenvalue weighted by atomic mass is 16.6. The molecule has 18 heavy (non-hydrogen) atoms. The number of rotatable bonds is 2. The highest BCUT2D eigenvalue weighted by Gasteiger charge is 2.32.